The number of nitrogens with one attached hydrogen (secondary N) is 1. The van der Waals surface area contributed by atoms with E-state index < -0.39 is 29.5 Å². The number of rotatable bonds is 6. The third kappa shape index (κ3) is 3.10. The van der Waals surface area contributed by atoms with Crippen molar-refractivity contribution in [1.82, 2.24) is 5.32 Å². The third-order valence-corrected chi connectivity index (χ3v) is 6.14. The molecule has 0 radical (unpaired) electrons. The van der Waals surface area contributed by atoms with Gasteiger partial charge >= 0.3 is 5.97 Å². The number of aliphatic carboxylic acids is 1. The van der Waals surface area contributed by atoms with Crippen LogP contribution < -0.4 is 10.1 Å². The fourth-order valence-electron chi connectivity index (χ4n) is 4.23. The highest BCUT2D eigenvalue weighted by molar-refractivity contribution is 5.85. The van der Waals surface area contributed by atoms with E-state index in [1.165, 1.54) is 0 Å². The molecule has 3 aliphatic carbocycles. The Balaban J connectivity index is 1.72. The highest BCUT2D eigenvalue weighted by Crippen LogP contribution is 2.57. The van der Waals surface area contributed by atoms with Crippen LogP contribution in [-0.2, 0) is 9.59 Å². The first-order valence-electron chi connectivity index (χ1n) is 8.69. The van der Waals surface area contributed by atoms with Crippen molar-refractivity contribution in [3.05, 3.63) is 29.8 Å². The van der Waals surface area contributed by atoms with Gasteiger partial charge in [-0.3, -0.25) is 9.59 Å². The van der Waals surface area contributed by atoms with Gasteiger partial charge in [0.25, 0.3) is 0 Å². The maximum atomic E-state index is 13.6. The number of hydrogen-bond acceptors (Lipinski definition) is 3. The van der Waals surface area contributed by atoms with Crippen LogP contribution in [0.2, 0.25) is 0 Å². The van der Waals surface area contributed by atoms with Gasteiger partial charge in [-0.25, -0.2) is 4.39 Å². The number of amides is 1. The lowest BCUT2D eigenvalue weighted by atomic mass is 9.53. The summed E-state index contributed by atoms with van der Waals surface area (Å²) in [5.41, 5.74) is -0.546. The van der Waals surface area contributed by atoms with Crippen molar-refractivity contribution >= 4 is 11.9 Å². The number of methoxy groups -OCH3 is 1. The molecular formula is C19H24FNO4. The molecule has 1 amide bonds. The number of hydrogen-bond donors (Lipinski definition) is 2. The lowest BCUT2D eigenvalue weighted by Crippen LogP contribution is -2.53. The summed E-state index contributed by atoms with van der Waals surface area (Å²) in [6.45, 7) is -0.700. The summed E-state index contributed by atoms with van der Waals surface area (Å²) in [6.07, 6.45) is 3.24. The van der Waals surface area contributed by atoms with Crippen molar-refractivity contribution in [1.29, 1.82) is 0 Å². The normalized spacial score (nSPS) is 29.0. The van der Waals surface area contributed by atoms with Crippen LogP contribution in [-0.4, -0.2) is 30.8 Å². The maximum absolute atomic E-state index is 13.6. The molecule has 0 saturated heterocycles. The Labute approximate surface area is 146 Å². The van der Waals surface area contributed by atoms with E-state index in [0.29, 0.717) is 49.8 Å². The molecule has 1 unspecified atom stereocenters. The SMILES string of the molecule is COc1cccc(C(CF)NC(=O)C23CCC(C(=O)O)(CC2)CC3)c1. The zero-order valence-electron chi connectivity index (χ0n) is 14.4. The van der Waals surface area contributed by atoms with E-state index in [2.05, 4.69) is 5.32 Å². The number of halogens is 1. The lowest BCUT2D eigenvalue weighted by molar-refractivity contribution is -0.163. The molecule has 3 aliphatic rings. The van der Waals surface area contributed by atoms with Crippen LogP contribution in [0.5, 0.6) is 5.75 Å². The van der Waals surface area contributed by atoms with Crippen LogP contribution in [0.3, 0.4) is 0 Å². The number of ether oxygens (including phenoxy) is 1. The second-order valence-electron chi connectivity index (χ2n) is 7.32. The van der Waals surface area contributed by atoms with Crippen LogP contribution in [0, 0.1) is 10.8 Å². The van der Waals surface area contributed by atoms with E-state index in [4.69, 9.17) is 4.74 Å². The fraction of sp³-hybridized carbons (Fsp3) is 0.579. The summed E-state index contributed by atoms with van der Waals surface area (Å²) in [5.74, 6) is -0.291. The second kappa shape index (κ2) is 6.65. The maximum Gasteiger partial charge on any atom is 0.309 e. The van der Waals surface area contributed by atoms with Crippen LogP contribution in [0.4, 0.5) is 4.39 Å². The third-order valence-electron chi connectivity index (χ3n) is 6.14. The standard InChI is InChI=1S/C19H24FNO4/c1-25-14-4-2-3-13(11-14)15(12-20)21-16(22)18-5-8-19(9-6-18,10-7-18)17(23)24/h2-4,11,15H,5-10,12H2,1H3,(H,21,22)(H,23,24). The Bertz CT molecular complexity index is 651. The van der Waals surface area contributed by atoms with Gasteiger partial charge in [0.1, 0.15) is 12.4 Å². The first kappa shape index (κ1) is 17.7. The lowest BCUT2D eigenvalue weighted by Gasteiger charge is -2.50. The molecule has 6 heteroatoms. The summed E-state index contributed by atoms with van der Waals surface area (Å²) < 4.78 is 18.7. The Kier molecular flexibility index (Phi) is 4.71. The minimum Gasteiger partial charge on any atom is -0.497 e. The van der Waals surface area contributed by atoms with Crippen LogP contribution >= 0.6 is 0 Å². The highest BCUT2D eigenvalue weighted by Gasteiger charge is 2.55. The Morgan fingerprint density at radius 2 is 1.80 bits per heavy atom. The molecule has 25 heavy (non-hydrogen) atoms. The smallest absolute Gasteiger partial charge is 0.309 e. The van der Waals surface area contributed by atoms with Crippen molar-refractivity contribution in [3.63, 3.8) is 0 Å². The summed E-state index contributed by atoms with van der Waals surface area (Å²) in [7, 11) is 1.54. The van der Waals surface area contributed by atoms with Crippen molar-refractivity contribution in [3.8, 4) is 5.75 Å². The number of alkyl halides is 1. The number of fused-ring (bicyclic) bond motifs is 3. The number of carboxylic acid groups (broad SMARTS) is 1. The molecule has 3 fully saturated rings. The van der Waals surface area contributed by atoms with Crippen molar-refractivity contribution in [2.75, 3.05) is 13.8 Å². The Morgan fingerprint density at radius 1 is 1.20 bits per heavy atom. The number of carbonyl (C=O) groups is 2. The first-order chi connectivity index (χ1) is 11.9. The average molecular weight is 349 g/mol. The molecular weight excluding hydrogens is 325 g/mol. The second-order valence-corrected chi connectivity index (χ2v) is 7.32. The van der Waals surface area contributed by atoms with Gasteiger partial charge in [-0.15, -0.1) is 0 Å². The van der Waals surface area contributed by atoms with E-state index in [1.54, 1.807) is 31.4 Å². The zero-order valence-corrected chi connectivity index (χ0v) is 14.4. The molecule has 3 saturated carbocycles. The van der Waals surface area contributed by atoms with E-state index in [-0.39, 0.29) is 5.91 Å². The van der Waals surface area contributed by atoms with Crippen LogP contribution in [0.15, 0.2) is 24.3 Å². The molecule has 5 nitrogen and oxygen atoms in total. The van der Waals surface area contributed by atoms with E-state index in [9.17, 15) is 19.1 Å². The monoisotopic (exact) mass is 349 g/mol. The van der Waals surface area contributed by atoms with Gasteiger partial charge in [-0.1, -0.05) is 12.1 Å². The molecule has 1 aromatic rings. The molecule has 0 aliphatic heterocycles. The summed E-state index contributed by atoms with van der Waals surface area (Å²) in [6, 6.07) is 6.31. The summed E-state index contributed by atoms with van der Waals surface area (Å²) in [4.78, 5) is 24.4. The molecule has 2 N–H and O–H groups in total. The molecule has 0 spiro atoms. The van der Waals surface area contributed by atoms with Gasteiger partial charge in [0.05, 0.1) is 18.6 Å². The molecule has 1 aromatic carbocycles. The van der Waals surface area contributed by atoms with Crippen molar-refractivity contribution in [2.45, 2.75) is 44.6 Å². The summed E-state index contributed by atoms with van der Waals surface area (Å²) in [5, 5.41) is 12.3. The molecule has 4 rings (SSSR count). The molecule has 0 aromatic heterocycles. The Morgan fingerprint density at radius 3 is 2.32 bits per heavy atom. The number of benzene rings is 1. The largest absolute Gasteiger partial charge is 0.497 e. The highest BCUT2D eigenvalue weighted by atomic mass is 19.1. The van der Waals surface area contributed by atoms with Gasteiger partial charge in [0.2, 0.25) is 5.91 Å². The van der Waals surface area contributed by atoms with Crippen LogP contribution in [0.1, 0.15) is 50.1 Å². The van der Waals surface area contributed by atoms with E-state index in [1.807, 2.05) is 0 Å². The van der Waals surface area contributed by atoms with Gasteiger partial charge in [0, 0.05) is 5.41 Å². The minimum atomic E-state index is -0.751. The summed E-state index contributed by atoms with van der Waals surface area (Å²) >= 11 is 0. The molecule has 136 valence electrons. The van der Waals surface area contributed by atoms with Crippen molar-refractivity contribution in [2.24, 2.45) is 10.8 Å². The van der Waals surface area contributed by atoms with Gasteiger partial charge in [-0.05, 0) is 56.2 Å². The first-order valence-corrected chi connectivity index (χ1v) is 8.69. The molecule has 0 heterocycles. The van der Waals surface area contributed by atoms with E-state index >= 15 is 0 Å². The zero-order chi connectivity index (χ0) is 18.1. The number of carbonyl (C=O) groups excluding carboxylic acids is 1. The fourth-order valence-corrected chi connectivity index (χ4v) is 4.23. The van der Waals surface area contributed by atoms with Crippen LogP contribution in [0.25, 0.3) is 0 Å². The predicted octanol–water partition coefficient (Wildman–Crippen LogP) is 3.25. The Hall–Kier alpha value is -2.11. The quantitative estimate of drug-likeness (QED) is 0.827. The topological polar surface area (TPSA) is 75.6 Å². The van der Waals surface area contributed by atoms with Gasteiger partial charge in [0.15, 0.2) is 0 Å². The average Bonchev–Trinajstić information content (AvgIpc) is 2.67. The molecule has 1 atom stereocenters. The van der Waals surface area contributed by atoms with Crippen molar-refractivity contribution < 1.29 is 23.8 Å². The van der Waals surface area contributed by atoms with E-state index in [0.717, 1.165) is 0 Å². The van der Waals surface area contributed by atoms with Gasteiger partial charge < -0.3 is 15.2 Å². The predicted molar refractivity (Wildman–Crippen MR) is 90.1 cm³/mol. The minimum absolute atomic E-state index is 0.156. The molecule has 2 bridgehead atoms. The number of carboxylic acids is 1. The van der Waals surface area contributed by atoms with Gasteiger partial charge in [-0.2, -0.15) is 0 Å².